The van der Waals surface area contributed by atoms with Gasteiger partial charge in [0, 0.05) is 6.20 Å². The molecule has 4 unspecified atom stereocenters. The van der Waals surface area contributed by atoms with Crippen LogP contribution in [0.3, 0.4) is 0 Å². The Balaban J connectivity index is 0.000000191. The molecule has 4 rings (SSSR count). The molecule has 34 heavy (non-hydrogen) atoms. The van der Waals surface area contributed by atoms with E-state index in [0.717, 1.165) is 18.4 Å². The van der Waals surface area contributed by atoms with E-state index in [1.807, 2.05) is 38.0 Å². The molecule has 0 spiro atoms. The fraction of sp³-hybridized carbons (Fsp3) is 0.750. The standard InChI is InChI=1S/C8H23NO4Si4.C8H19NO4Si4/c1-14-10-15(2)12-17(4,13-16(3)11-14)9-7-5-6-8-9;1-14-10-15(2)12-17(4,13-16(3)11-14)8-6-5-7-9-8/h14-16H,5-8H2,1-4H3;5-7,9,14-16H,1-4H3. The monoisotopic (exact) mass is 614 g/mol. The number of aromatic nitrogens is 1. The Hall–Kier alpha value is 0.655. The highest BCUT2D eigenvalue weighted by Gasteiger charge is 2.46. The van der Waals surface area contributed by atoms with E-state index in [1.165, 1.54) is 12.8 Å². The molecule has 3 aliphatic heterocycles. The first-order valence-corrected chi connectivity index (χ1v) is 29.4. The van der Waals surface area contributed by atoms with E-state index >= 15 is 0 Å². The molecule has 3 aliphatic rings. The molecule has 1 N–H and O–H groups in total. The van der Waals surface area contributed by atoms with Crippen LogP contribution in [-0.2, 0) is 32.9 Å². The van der Waals surface area contributed by atoms with Crippen LogP contribution in [0.2, 0.25) is 52.4 Å². The van der Waals surface area contributed by atoms with E-state index in [4.69, 9.17) is 32.9 Å². The summed E-state index contributed by atoms with van der Waals surface area (Å²) in [7, 11) is -14.1. The molecule has 1 aromatic rings. The smallest absolute Gasteiger partial charge is 0.406 e. The minimum absolute atomic E-state index is 1.06. The Labute approximate surface area is 216 Å². The molecule has 4 heterocycles. The van der Waals surface area contributed by atoms with Crippen molar-refractivity contribution in [2.75, 3.05) is 13.1 Å². The summed E-state index contributed by atoms with van der Waals surface area (Å²) in [6.45, 7) is 18.8. The van der Waals surface area contributed by atoms with E-state index in [9.17, 15) is 0 Å². The van der Waals surface area contributed by atoms with Crippen LogP contribution in [0.25, 0.3) is 0 Å². The lowest BCUT2D eigenvalue weighted by Gasteiger charge is -2.41. The number of nitrogens with one attached hydrogen (secondary N) is 1. The first-order valence-electron chi connectivity index (χ1n) is 12.2. The molecule has 1 aromatic heterocycles. The number of hydrogen-bond acceptors (Lipinski definition) is 9. The lowest BCUT2D eigenvalue weighted by molar-refractivity contribution is 0.222. The molecule has 0 bridgehead atoms. The number of H-pyrrole nitrogens is 1. The van der Waals surface area contributed by atoms with Gasteiger partial charge in [-0.1, -0.05) is 0 Å². The second kappa shape index (κ2) is 12.9. The highest BCUT2D eigenvalue weighted by Crippen LogP contribution is 2.24. The largest absolute Gasteiger partial charge is 0.420 e. The summed E-state index contributed by atoms with van der Waals surface area (Å²) in [6, 6.07) is 3.99. The van der Waals surface area contributed by atoms with Gasteiger partial charge in [0.1, 0.15) is 0 Å². The second-order valence-corrected chi connectivity index (χ2v) is 28.8. The highest BCUT2D eigenvalue weighted by atomic mass is 28.5. The molecule has 3 saturated heterocycles. The Kier molecular flexibility index (Phi) is 11.1. The van der Waals surface area contributed by atoms with Gasteiger partial charge in [-0.15, -0.1) is 0 Å². The van der Waals surface area contributed by atoms with Crippen LogP contribution in [0.4, 0.5) is 0 Å². The number of aromatic amines is 1. The summed E-state index contributed by atoms with van der Waals surface area (Å²) in [5, 5.41) is 1.06. The van der Waals surface area contributed by atoms with Gasteiger partial charge in [0.15, 0.2) is 0 Å². The van der Waals surface area contributed by atoms with Crippen molar-refractivity contribution in [2.24, 2.45) is 0 Å². The minimum Gasteiger partial charge on any atom is -0.420 e. The Morgan fingerprint density at radius 3 is 1.56 bits per heavy atom. The van der Waals surface area contributed by atoms with Gasteiger partial charge >= 0.3 is 54.4 Å². The van der Waals surface area contributed by atoms with Crippen LogP contribution in [0, 0.1) is 0 Å². The molecule has 4 atom stereocenters. The van der Waals surface area contributed by atoms with Gasteiger partial charge < -0.3 is 37.9 Å². The van der Waals surface area contributed by atoms with Crippen molar-refractivity contribution in [1.82, 2.24) is 9.55 Å². The molecule has 196 valence electrons. The summed E-state index contributed by atoms with van der Waals surface area (Å²) in [4.78, 5) is 3.20. The molecule has 0 radical (unpaired) electrons. The fourth-order valence-corrected chi connectivity index (χ4v) is 33.3. The Bertz CT molecular complexity index is 721. The fourth-order valence-electron chi connectivity index (χ4n) is 4.57. The average molecular weight is 615 g/mol. The van der Waals surface area contributed by atoms with Crippen molar-refractivity contribution in [3.8, 4) is 0 Å². The second-order valence-electron chi connectivity index (χ2n) is 9.04. The first-order chi connectivity index (χ1) is 16.0. The summed E-state index contributed by atoms with van der Waals surface area (Å²) < 4.78 is 50.8. The molecule has 0 aliphatic carbocycles. The van der Waals surface area contributed by atoms with Crippen LogP contribution in [0.5, 0.6) is 0 Å². The zero-order valence-corrected chi connectivity index (χ0v) is 30.7. The predicted molar refractivity (Wildman–Crippen MR) is 151 cm³/mol. The van der Waals surface area contributed by atoms with Crippen molar-refractivity contribution in [2.45, 2.75) is 65.2 Å². The summed E-state index contributed by atoms with van der Waals surface area (Å²) in [5.74, 6) is 0. The van der Waals surface area contributed by atoms with Crippen molar-refractivity contribution in [3.63, 3.8) is 0 Å². The third-order valence-electron chi connectivity index (χ3n) is 5.85. The van der Waals surface area contributed by atoms with E-state index in [1.54, 1.807) is 0 Å². The Morgan fingerprint density at radius 2 is 1.15 bits per heavy atom. The molecule has 0 saturated carbocycles. The van der Waals surface area contributed by atoms with E-state index in [-0.39, 0.29) is 0 Å². The number of hydrogen-bond donors (Lipinski definition) is 1. The molecule has 18 heteroatoms. The van der Waals surface area contributed by atoms with Crippen LogP contribution >= 0.6 is 0 Å². The molecular weight excluding hydrogens is 573 g/mol. The summed E-state index contributed by atoms with van der Waals surface area (Å²) in [5.41, 5.74) is 0. The van der Waals surface area contributed by atoms with E-state index in [2.05, 4.69) is 42.3 Å². The van der Waals surface area contributed by atoms with Gasteiger partial charge in [0.05, 0.1) is 5.32 Å². The van der Waals surface area contributed by atoms with Crippen LogP contribution in [-0.4, -0.2) is 95.6 Å². The quantitative estimate of drug-likeness (QED) is 0.469. The van der Waals surface area contributed by atoms with Crippen LogP contribution in [0.1, 0.15) is 12.8 Å². The lowest BCUT2D eigenvalue weighted by Crippen LogP contribution is -2.62. The third kappa shape index (κ3) is 8.34. The maximum atomic E-state index is 6.25. The first kappa shape index (κ1) is 29.2. The average Bonchev–Trinajstić information content (AvgIpc) is 3.40. The van der Waals surface area contributed by atoms with Gasteiger partial charge in [-0.25, -0.2) is 0 Å². The number of nitrogens with zero attached hydrogens (tertiary/aromatic N) is 1. The molecule has 10 nitrogen and oxygen atoms in total. The molecular formula is C16H42N2O8Si8. The van der Waals surface area contributed by atoms with E-state index < -0.39 is 73.0 Å². The van der Waals surface area contributed by atoms with Gasteiger partial charge in [-0.05, 0) is 90.4 Å². The molecule has 0 amide bonds. The molecule has 0 aromatic carbocycles. The summed E-state index contributed by atoms with van der Waals surface area (Å²) in [6.07, 6.45) is 4.42. The van der Waals surface area contributed by atoms with E-state index in [0.29, 0.717) is 0 Å². The lowest BCUT2D eigenvalue weighted by atomic mass is 10.4. The predicted octanol–water partition coefficient (Wildman–Crippen LogP) is 0.206. The molecule has 3 fully saturated rings. The minimum atomic E-state index is -2.36. The maximum absolute atomic E-state index is 6.25. The van der Waals surface area contributed by atoms with Crippen molar-refractivity contribution < 1.29 is 32.9 Å². The normalized spacial score (nSPS) is 42.6. The number of rotatable bonds is 2. The van der Waals surface area contributed by atoms with Gasteiger partial charge in [-0.2, -0.15) is 0 Å². The zero-order valence-electron chi connectivity index (χ0n) is 21.7. The topological polar surface area (TPSA) is 92.9 Å². The van der Waals surface area contributed by atoms with Gasteiger partial charge in [0.25, 0.3) is 18.6 Å². The van der Waals surface area contributed by atoms with Gasteiger partial charge in [0.2, 0.25) is 0 Å². The SMILES string of the molecule is C[SiH]1O[SiH](C)O[Si](C)(N2CCCC2)O[SiH](C)O1.C[SiH]1O[SiH](C)O[Si](C)(c2ccc[nH]2)O[SiH](C)O1. The van der Waals surface area contributed by atoms with Crippen molar-refractivity contribution >= 4 is 78.3 Å². The highest BCUT2D eigenvalue weighted by molar-refractivity contribution is 6.89. The maximum Gasteiger partial charge on any atom is 0.406 e. The Morgan fingerprint density at radius 1 is 0.706 bits per heavy atom. The third-order valence-corrected chi connectivity index (χ3v) is 33.4. The van der Waals surface area contributed by atoms with Crippen LogP contribution in [0.15, 0.2) is 18.3 Å². The summed E-state index contributed by atoms with van der Waals surface area (Å²) >= 11 is 0. The van der Waals surface area contributed by atoms with Crippen molar-refractivity contribution in [3.05, 3.63) is 18.3 Å². The van der Waals surface area contributed by atoms with Crippen molar-refractivity contribution in [1.29, 1.82) is 0 Å². The van der Waals surface area contributed by atoms with Gasteiger partial charge in [-0.3, -0.25) is 4.57 Å². The van der Waals surface area contributed by atoms with Crippen LogP contribution < -0.4 is 5.32 Å². The zero-order chi connectivity index (χ0) is 24.9.